The third kappa shape index (κ3) is 5.11. The summed E-state index contributed by atoms with van der Waals surface area (Å²) in [6, 6.07) is 17.8. The molecular formula is C19H23NO3. The molecule has 1 amide bonds. The van der Waals surface area contributed by atoms with Gasteiger partial charge in [0.2, 0.25) is 0 Å². The van der Waals surface area contributed by atoms with E-state index in [1.165, 1.54) is 0 Å². The van der Waals surface area contributed by atoms with E-state index in [0.29, 0.717) is 12.3 Å². The number of aliphatic hydroxyl groups excluding tert-OH is 1. The first-order chi connectivity index (χ1) is 11.1. The van der Waals surface area contributed by atoms with Gasteiger partial charge in [0.1, 0.15) is 5.75 Å². The van der Waals surface area contributed by atoms with Gasteiger partial charge in [-0.3, -0.25) is 4.79 Å². The Morgan fingerprint density at radius 2 is 1.65 bits per heavy atom. The average molecular weight is 313 g/mol. The third-order valence-electron chi connectivity index (χ3n) is 3.58. The zero-order valence-corrected chi connectivity index (χ0v) is 13.5. The molecular weight excluding hydrogens is 290 g/mol. The maximum absolute atomic E-state index is 11.9. The molecule has 2 rings (SSSR count). The summed E-state index contributed by atoms with van der Waals surface area (Å²) in [6.07, 6.45) is -0.580. The van der Waals surface area contributed by atoms with Crippen molar-refractivity contribution in [2.45, 2.75) is 20.0 Å². The fourth-order valence-corrected chi connectivity index (χ4v) is 2.10. The molecule has 4 heteroatoms. The van der Waals surface area contributed by atoms with Crippen molar-refractivity contribution < 1.29 is 14.6 Å². The van der Waals surface area contributed by atoms with Gasteiger partial charge < -0.3 is 15.2 Å². The molecule has 0 aliphatic carbocycles. The van der Waals surface area contributed by atoms with Gasteiger partial charge in [-0.05, 0) is 36.1 Å². The minimum atomic E-state index is -0.580. The molecule has 0 saturated heterocycles. The van der Waals surface area contributed by atoms with Gasteiger partial charge in [-0.2, -0.15) is 0 Å². The molecule has 0 heterocycles. The van der Waals surface area contributed by atoms with Crippen molar-refractivity contribution in [2.75, 3.05) is 13.2 Å². The molecule has 2 unspecified atom stereocenters. The first kappa shape index (κ1) is 17.0. The Morgan fingerprint density at radius 1 is 1.04 bits per heavy atom. The summed E-state index contributed by atoms with van der Waals surface area (Å²) in [7, 11) is 0. The van der Waals surface area contributed by atoms with Gasteiger partial charge in [0, 0.05) is 13.2 Å². The van der Waals surface area contributed by atoms with Crippen LogP contribution in [0.1, 0.15) is 13.8 Å². The summed E-state index contributed by atoms with van der Waals surface area (Å²) in [6.45, 7) is 4.07. The van der Waals surface area contributed by atoms with Crippen molar-refractivity contribution in [1.29, 1.82) is 0 Å². The maximum atomic E-state index is 11.9. The van der Waals surface area contributed by atoms with Gasteiger partial charge in [-0.25, -0.2) is 0 Å². The SMILES string of the molecule is CC(CO)CNC(=O)C(C)Oc1ccc(-c2ccccc2)cc1. The monoisotopic (exact) mass is 313 g/mol. The summed E-state index contributed by atoms with van der Waals surface area (Å²) in [5, 5.41) is 11.7. The van der Waals surface area contributed by atoms with Crippen molar-refractivity contribution in [3.63, 3.8) is 0 Å². The number of amides is 1. The van der Waals surface area contributed by atoms with Gasteiger partial charge in [-0.1, -0.05) is 49.4 Å². The predicted octanol–water partition coefficient (Wildman–Crippen LogP) is 2.87. The normalized spacial score (nSPS) is 13.2. The molecule has 2 aromatic rings. The lowest BCUT2D eigenvalue weighted by molar-refractivity contribution is -0.127. The van der Waals surface area contributed by atoms with Crippen LogP contribution in [0, 0.1) is 5.92 Å². The fraction of sp³-hybridized carbons (Fsp3) is 0.316. The van der Waals surface area contributed by atoms with Gasteiger partial charge in [-0.15, -0.1) is 0 Å². The molecule has 0 aliphatic heterocycles. The van der Waals surface area contributed by atoms with Crippen LogP contribution >= 0.6 is 0 Å². The number of hydrogen-bond acceptors (Lipinski definition) is 3. The number of rotatable bonds is 7. The Morgan fingerprint density at radius 3 is 2.26 bits per heavy atom. The van der Waals surface area contributed by atoms with Crippen LogP contribution in [0.2, 0.25) is 0 Å². The van der Waals surface area contributed by atoms with Crippen LogP contribution in [0.4, 0.5) is 0 Å². The van der Waals surface area contributed by atoms with Crippen LogP contribution in [-0.2, 0) is 4.79 Å². The second-order valence-electron chi connectivity index (χ2n) is 5.68. The van der Waals surface area contributed by atoms with Crippen LogP contribution in [-0.4, -0.2) is 30.3 Å². The Balaban J connectivity index is 1.91. The van der Waals surface area contributed by atoms with Crippen molar-refractivity contribution in [2.24, 2.45) is 5.92 Å². The molecule has 0 radical (unpaired) electrons. The van der Waals surface area contributed by atoms with Crippen molar-refractivity contribution in [3.05, 3.63) is 54.6 Å². The van der Waals surface area contributed by atoms with E-state index in [2.05, 4.69) is 5.32 Å². The maximum Gasteiger partial charge on any atom is 0.260 e. The molecule has 0 saturated carbocycles. The zero-order valence-electron chi connectivity index (χ0n) is 13.5. The lowest BCUT2D eigenvalue weighted by Gasteiger charge is -2.16. The summed E-state index contributed by atoms with van der Waals surface area (Å²) >= 11 is 0. The molecule has 0 aliphatic rings. The highest BCUT2D eigenvalue weighted by Crippen LogP contribution is 2.22. The molecule has 122 valence electrons. The molecule has 23 heavy (non-hydrogen) atoms. The third-order valence-corrected chi connectivity index (χ3v) is 3.58. The molecule has 2 N–H and O–H groups in total. The van der Waals surface area contributed by atoms with Crippen LogP contribution in [0.25, 0.3) is 11.1 Å². The fourth-order valence-electron chi connectivity index (χ4n) is 2.10. The van der Waals surface area contributed by atoms with Gasteiger partial charge in [0.25, 0.3) is 5.91 Å². The molecule has 2 aromatic carbocycles. The highest BCUT2D eigenvalue weighted by atomic mass is 16.5. The summed E-state index contributed by atoms with van der Waals surface area (Å²) < 4.78 is 5.66. The lowest BCUT2D eigenvalue weighted by Crippen LogP contribution is -2.39. The van der Waals surface area contributed by atoms with Crippen LogP contribution in [0.15, 0.2) is 54.6 Å². The minimum Gasteiger partial charge on any atom is -0.481 e. The van der Waals surface area contributed by atoms with Gasteiger partial charge in [0.05, 0.1) is 0 Å². The standard InChI is InChI=1S/C19H23NO3/c1-14(13-21)12-20-19(22)15(2)23-18-10-8-17(9-11-18)16-6-4-3-5-7-16/h3-11,14-15,21H,12-13H2,1-2H3,(H,20,22). The zero-order chi connectivity index (χ0) is 16.7. The summed E-state index contributed by atoms with van der Waals surface area (Å²) in [5.41, 5.74) is 2.25. The average Bonchev–Trinajstić information content (AvgIpc) is 2.60. The highest BCUT2D eigenvalue weighted by Gasteiger charge is 2.15. The number of benzene rings is 2. The van der Waals surface area contributed by atoms with Gasteiger partial charge >= 0.3 is 0 Å². The lowest BCUT2D eigenvalue weighted by atomic mass is 10.1. The van der Waals surface area contributed by atoms with Crippen LogP contribution in [0.5, 0.6) is 5.75 Å². The Labute approximate surface area is 137 Å². The van der Waals surface area contributed by atoms with E-state index in [4.69, 9.17) is 9.84 Å². The Kier molecular flexibility index (Phi) is 6.18. The highest BCUT2D eigenvalue weighted by molar-refractivity contribution is 5.80. The quantitative estimate of drug-likeness (QED) is 0.826. The smallest absolute Gasteiger partial charge is 0.260 e. The van der Waals surface area contributed by atoms with Crippen molar-refractivity contribution in [1.82, 2.24) is 5.32 Å². The number of aliphatic hydroxyl groups is 1. The topological polar surface area (TPSA) is 58.6 Å². The summed E-state index contributed by atoms with van der Waals surface area (Å²) in [5.74, 6) is 0.510. The van der Waals surface area contributed by atoms with Crippen LogP contribution < -0.4 is 10.1 Å². The minimum absolute atomic E-state index is 0.0382. The number of nitrogens with one attached hydrogen (secondary N) is 1. The predicted molar refractivity (Wildman–Crippen MR) is 91.2 cm³/mol. The molecule has 2 atom stereocenters. The Hall–Kier alpha value is -2.33. The van der Waals surface area contributed by atoms with E-state index >= 15 is 0 Å². The second-order valence-corrected chi connectivity index (χ2v) is 5.68. The van der Waals surface area contributed by atoms with E-state index in [0.717, 1.165) is 11.1 Å². The van der Waals surface area contributed by atoms with E-state index in [9.17, 15) is 4.79 Å². The van der Waals surface area contributed by atoms with Crippen molar-refractivity contribution >= 4 is 5.91 Å². The largest absolute Gasteiger partial charge is 0.481 e. The van der Waals surface area contributed by atoms with E-state index in [1.54, 1.807) is 6.92 Å². The Bertz CT molecular complexity index is 610. The molecule has 0 bridgehead atoms. The first-order valence-electron chi connectivity index (χ1n) is 7.81. The van der Waals surface area contributed by atoms with E-state index < -0.39 is 6.10 Å². The first-order valence-corrected chi connectivity index (χ1v) is 7.81. The second kappa shape index (κ2) is 8.34. The number of carbonyl (C=O) groups excluding carboxylic acids is 1. The molecule has 0 fully saturated rings. The van der Waals surface area contributed by atoms with Crippen LogP contribution in [0.3, 0.4) is 0 Å². The van der Waals surface area contributed by atoms with E-state index in [-0.39, 0.29) is 18.4 Å². The molecule has 0 aromatic heterocycles. The number of ether oxygens (including phenoxy) is 1. The molecule has 4 nitrogen and oxygen atoms in total. The number of carbonyl (C=O) groups is 1. The molecule has 0 spiro atoms. The van der Waals surface area contributed by atoms with E-state index in [1.807, 2.05) is 61.5 Å². The summed E-state index contributed by atoms with van der Waals surface area (Å²) in [4.78, 5) is 11.9. The van der Waals surface area contributed by atoms with Crippen molar-refractivity contribution in [3.8, 4) is 16.9 Å². The number of hydrogen-bond donors (Lipinski definition) is 2. The van der Waals surface area contributed by atoms with Gasteiger partial charge in [0.15, 0.2) is 6.10 Å².